The molecule has 67 heteroatoms. The van der Waals surface area contributed by atoms with Crippen LogP contribution >= 0.6 is 0 Å². The van der Waals surface area contributed by atoms with Crippen LogP contribution in [0.15, 0.2) is 0 Å². The van der Waals surface area contributed by atoms with Gasteiger partial charge in [0.15, 0.2) is 0 Å². The maximum atomic E-state index is 13.2. The quantitative estimate of drug-likeness (QED) is 0.00885. The fourth-order valence-corrected chi connectivity index (χ4v) is 23.2. The third-order valence-corrected chi connectivity index (χ3v) is 32.3. The Hall–Kier alpha value is -4.66. The van der Waals surface area contributed by atoms with Gasteiger partial charge < -0.3 is 127 Å². The molecule has 5 saturated heterocycles. The molecule has 9 rings (SSSR count). The second kappa shape index (κ2) is 43.4. The van der Waals surface area contributed by atoms with Crippen LogP contribution in [0, 0.1) is 45.1 Å². The van der Waals surface area contributed by atoms with Gasteiger partial charge in [0.2, 0.25) is 0 Å². The highest BCUT2D eigenvalue weighted by molar-refractivity contribution is 7.88. The Bertz CT molecular complexity index is 4290. The Balaban J connectivity index is 0.000000282. The minimum Gasteiger partial charge on any atom is -0.480 e. The van der Waals surface area contributed by atoms with Crippen molar-refractivity contribution < 1.29 is 164 Å². The first kappa shape index (κ1) is 113. The van der Waals surface area contributed by atoms with Gasteiger partial charge in [-0.25, -0.2) is 27.0 Å². The van der Waals surface area contributed by atoms with E-state index in [1.54, 1.807) is 4.72 Å². The number of carbonyl (C=O) groups is 5. The summed E-state index contributed by atoms with van der Waals surface area (Å²) in [5.74, 6) is -16.5. The van der Waals surface area contributed by atoms with Crippen LogP contribution in [0.4, 0.5) is 17.6 Å². The van der Waals surface area contributed by atoms with Crippen molar-refractivity contribution in [2.75, 3.05) is 85.1 Å². The molecule has 0 bridgehead atoms. The molecule has 0 aromatic rings. The minimum atomic E-state index is -4.40. The largest absolute Gasteiger partial charge is 0.480 e. The highest BCUT2D eigenvalue weighted by atomic mass is 32.2. The van der Waals surface area contributed by atoms with Crippen molar-refractivity contribution in [2.24, 2.45) is 92.3 Å². The number of nitrogens with zero attached hydrogens (tertiary/aromatic N) is 6. The lowest BCUT2D eigenvalue weighted by molar-refractivity contribution is -0.518. The van der Waals surface area contributed by atoms with Gasteiger partial charge in [-0.1, -0.05) is 46.0 Å². The molecular weight excluding hydrogens is 1820 g/mol. The third-order valence-electron chi connectivity index (χ3n) is 24.8. The number of nitro groups is 1. The van der Waals surface area contributed by atoms with Crippen LogP contribution < -0.4 is 80.9 Å². The first-order chi connectivity index (χ1) is 57.7. The average Bonchev–Trinajstić information content (AvgIpc) is 1.58. The molecule has 9 fully saturated rings. The summed E-state index contributed by atoms with van der Waals surface area (Å²) in [6, 6.07) is -4.07. The molecule has 53 nitrogen and oxygen atoms in total. The van der Waals surface area contributed by atoms with Crippen LogP contribution in [-0.4, -0.2) is 376 Å². The van der Waals surface area contributed by atoms with E-state index in [0.29, 0.717) is 17.1 Å². The van der Waals surface area contributed by atoms with Gasteiger partial charge in [0, 0.05) is 149 Å². The lowest BCUT2D eigenvalue weighted by atomic mass is 9.74. The molecule has 732 valence electrons. The predicted octanol–water partition coefficient (Wildman–Crippen LogP) is -13.4. The zero-order valence-electron chi connectivity index (χ0n) is 69.7. The summed E-state index contributed by atoms with van der Waals surface area (Å²) < 4.78 is 192. The zero-order chi connectivity index (χ0) is 97.4. The molecule has 127 heavy (non-hydrogen) atoms. The number of alkyl halides is 4. The van der Waals surface area contributed by atoms with E-state index in [2.05, 4.69) is 14.2 Å². The maximum absolute atomic E-state index is 13.2. The molecule has 5 aliphatic heterocycles. The van der Waals surface area contributed by atoms with Gasteiger partial charge in [-0.3, -0.25) is 39.8 Å². The molecule has 15 atom stereocenters. The number of hydrogen-bond acceptors (Lipinski definition) is 37. The molecule has 9 aliphatic rings. The van der Waals surface area contributed by atoms with Crippen LogP contribution in [0.1, 0.15) is 110 Å². The van der Waals surface area contributed by atoms with Gasteiger partial charge in [0.1, 0.15) is 33.7 Å². The van der Waals surface area contributed by atoms with Crippen molar-refractivity contribution in [3.05, 3.63) is 10.1 Å². The Morgan fingerprint density at radius 1 is 0.425 bits per heavy atom. The standard InChI is InChI=1S/C13H25BF2N4O6S.2C13H27BN4O6S.C11H21BF2N4O6S.C10H22BN5O8S/c15-12(16)5-11(17,6-12)7-19-27(25,26)20-4-9(2-1-3-14(23)24)13(18,8-20)10(21)22;1-12(2)9(15)10(12)17-25(23,24)18-6-8(4-3-5-14(21)22)13(16,7-18)11(19)20;15-12(4-2-5-12)8-17-25(23,24)18-7-10(3-1-6-14(21)22)13(16,9-18)11(19)20;13-11(14)7(15)8(11)17-25(23,24)18-4-6(2-1-3-12(21)22)10(16,5-18)9(19)20;12-8(16(21)22)4-14-25(23,24)15-5-7(2-1-3-11(19)20)10(13,6-15)9(17)18/h9,19,23-24H,1-8,17-18H2,(H,21,22);8-10,17,21-22H,3-7,15-16H2,1-2H3,(H,19,20);10,17,21-22H,1-9,15-16H2,(H,19,20);6-8,17,21-22H,1-5,15-16H2,(H,19,20);7-8,14,19-20H,1-6,12-13H2,(H,17,18)/t9-,13-;8-,9?,10?,13-;10-,13-;6-,7?,8?,10-;7-,8?,10-/m00000/s1. The van der Waals surface area contributed by atoms with E-state index >= 15 is 0 Å². The van der Waals surface area contributed by atoms with E-state index in [4.69, 9.17) is 108 Å². The van der Waals surface area contributed by atoms with E-state index in [9.17, 15) is 119 Å². The lowest BCUT2D eigenvalue weighted by Gasteiger charge is -2.44. The van der Waals surface area contributed by atoms with E-state index in [0.717, 1.165) is 36.5 Å². The summed E-state index contributed by atoms with van der Waals surface area (Å²) in [4.78, 5) is 67.3. The molecule has 4 aliphatic carbocycles. The number of carboxylic acid groups (broad SMARTS) is 5. The number of rotatable bonds is 44. The van der Waals surface area contributed by atoms with Crippen molar-refractivity contribution in [3.8, 4) is 0 Å². The Morgan fingerprint density at radius 3 is 0.850 bits per heavy atom. The zero-order valence-corrected chi connectivity index (χ0v) is 73.7. The monoisotopic (exact) mass is 1940 g/mol. The Morgan fingerprint density at radius 2 is 0.654 bits per heavy atom. The number of nitrogens with two attached hydrogens (primary N) is 10. The first-order valence-corrected chi connectivity index (χ1v) is 47.4. The van der Waals surface area contributed by atoms with Crippen LogP contribution in [0.3, 0.4) is 0 Å². The van der Waals surface area contributed by atoms with E-state index in [1.165, 1.54) is 0 Å². The minimum absolute atomic E-state index is 0.00110. The van der Waals surface area contributed by atoms with Crippen molar-refractivity contribution in [2.45, 2.75) is 223 Å². The molecule has 0 spiro atoms. The number of nitrogens with one attached hydrogen (secondary N) is 5. The lowest BCUT2D eigenvalue weighted by Crippen LogP contribution is -2.64. The van der Waals surface area contributed by atoms with Gasteiger partial charge in [-0.15, -0.1) is 0 Å². The van der Waals surface area contributed by atoms with Crippen molar-refractivity contribution >= 4 is 116 Å². The summed E-state index contributed by atoms with van der Waals surface area (Å²) in [7, 11) is -28.2. The number of halogens is 4. The fourth-order valence-electron chi connectivity index (χ4n) is 15.9. The van der Waals surface area contributed by atoms with Crippen LogP contribution in [-0.2, 0) is 75.0 Å². The summed E-state index contributed by atoms with van der Waals surface area (Å²) in [5, 5.41) is 146. The molecule has 0 aromatic carbocycles. The number of aliphatic carboxylic acids is 5. The molecule has 40 N–H and O–H groups in total. The number of hydrogen-bond donors (Lipinski definition) is 30. The smallest absolute Gasteiger partial charge is 0.451 e. The summed E-state index contributed by atoms with van der Waals surface area (Å²) in [5.41, 5.74) is 46.2. The molecule has 0 amide bonds. The third kappa shape index (κ3) is 29.4. The van der Waals surface area contributed by atoms with Crippen molar-refractivity contribution in [3.63, 3.8) is 0 Å². The van der Waals surface area contributed by atoms with E-state index in [-0.39, 0.29) is 147 Å². The Labute approximate surface area is 732 Å². The van der Waals surface area contributed by atoms with Crippen molar-refractivity contribution in [1.82, 2.24) is 45.1 Å². The molecule has 5 heterocycles. The molecule has 0 aromatic heterocycles. The van der Waals surface area contributed by atoms with Gasteiger partial charge in [0.25, 0.3) is 69.1 Å². The van der Waals surface area contributed by atoms with Crippen LogP contribution in [0.25, 0.3) is 0 Å². The van der Waals surface area contributed by atoms with E-state index in [1.807, 2.05) is 18.6 Å². The summed E-state index contributed by atoms with van der Waals surface area (Å²) in [6.07, 6.45) is 2.07. The van der Waals surface area contributed by atoms with Gasteiger partial charge in [0.05, 0.1) is 12.6 Å². The van der Waals surface area contributed by atoms with Crippen LogP contribution in [0.2, 0.25) is 31.6 Å². The summed E-state index contributed by atoms with van der Waals surface area (Å²) in [6.45, 7) is -0.262. The molecular formula is C60H122B5F4N21O32S5. The molecule has 5 unspecified atom stereocenters. The highest BCUT2D eigenvalue weighted by Crippen LogP contribution is 2.47. The fraction of sp³-hybridized carbons (Fsp3) is 0.917. The Kier molecular flexibility index (Phi) is 38.5. The normalized spacial score (nSPS) is 31.0. The van der Waals surface area contributed by atoms with Gasteiger partial charge in [-0.2, -0.15) is 77.8 Å². The average molecular weight is 1940 g/mol. The van der Waals surface area contributed by atoms with Gasteiger partial charge >= 0.3 is 65.4 Å². The number of carboxylic acids is 5. The SMILES string of the molecule is CC1(C)C(N)C1NS(=O)(=O)N1C[C@H](CCCB(O)O)[C@](N)(C(=O)O)C1.NC(CNS(=O)(=O)N1C[C@H](CCCB(O)O)[C@](N)(C(=O)O)C1)[N+](=O)[O-].NC1(CNS(=O)(=O)N2C[C@H](CCCB(O)O)[C@](N)(C(=O)O)C2)CC(F)(F)C1.NC1(CNS(=O)(=O)N2C[C@H](CCCB(O)O)[C@](N)(C(=O)O)C2)CCC1.NC1C(NS(=O)(=O)N2C[C@H](CCCB(O)O)[C@](N)(C(=O)O)C2)C1(F)F. The predicted molar refractivity (Wildman–Crippen MR) is 443 cm³/mol. The second-order valence-corrected chi connectivity index (χ2v) is 43.8. The second-order valence-electron chi connectivity index (χ2n) is 35.1. The molecule has 4 saturated carbocycles. The van der Waals surface area contributed by atoms with E-state index < -0.39 is 271 Å². The van der Waals surface area contributed by atoms with Crippen molar-refractivity contribution in [1.29, 1.82) is 0 Å². The highest BCUT2D eigenvalue weighted by Gasteiger charge is 2.69. The van der Waals surface area contributed by atoms with Gasteiger partial charge in [-0.05, 0) is 88.4 Å². The first-order valence-electron chi connectivity index (χ1n) is 40.2. The topological polar surface area (TPSA) is 939 Å². The van der Waals surface area contributed by atoms with Crippen LogP contribution in [0.5, 0.6) is 0 Å². The molecule has 0 radical (unpaired) electrons. The summed E-state index contributed by atoms with van der Waals surface area (Å²) >= 11 is 0. The maximum Gasteiger partial charge on any atom is 0.451 e.